The van der Waals surface area contributed by atoms with Gasteiger partial charge >= 0.3 is 0 Å². The Hall–Kier alpha value is -0.730. The van der Waals surface area contributed by atoms with Crippen LogP contribution in [0.25, 0.3) is 0 Å². The van der Waals surface area contributed by atoms with Crippen molar-refractivity contribution < 1.29 is 9.53 Å². The smallest absolute Gasteiger partial charge is 0.167 e. The molecule has 1 aromatic carbocycles. The van der Waals surface area contributed by atoms with E-state index in [1.165, 1.54) is 7.11 Å². The lowest BCUT2D eigenvalue weighted by Crippen LogP contribution is -2.03. The Morgan fingerprint density at radius 2 is 2.07 bits per heavy atom. The summed E-state index contributed by atoms with van der Waals surface area (Å²) in [6, 6.07) is 1.80. The van der Waals surface area contributed by atoms with Crippen LogP contribution in [0, 0.1) is 5.92 Å². The quantitative estimate of drug-likeness (QED) is 0.758. The Bertz CT molecular complexity index is 441. The van der Waals surface area contributed by atoms with Gasteiger partial charge in [-0.25, -0.2) is 0 Å². The molecule has 1 aliphatic carbocycles. The molecule has 0 amide bonds. The van der Waals surface area contributed by atoms with Gasteiger partial charge in [-0.1, -0.05) is 30.1 Å². The highest BCUT2D eigenvalue weighted by molar-refractivity contribution is 6.45. The lowest BCUT2D eigenvalue weighted by Gasteiger charge is -2.08. The molecule has 0 fully saturated rings. The second-order valence-electron chi connectivity index (χ2n) is 3.71. The molecule has 0 heterocycles. The zero-order valence-corrected chi connectivity index (χ0v) is 9.95. The van der Waals surface area contributed by atoms with Gasteiger partial charge in [0, 0.05) is 11.5 Å². The summed E-state index contributed by atoms with van der Waals surface area (Å²) in [5, 5.41) is 0.640. The minimum Gasteiger partial charge on any atom is -0.495 e. The average molecular weight is 245 g/mol. The number of carbonyl (C=O) groups is 1. The molecular weight excluding hydrogens is 235 g/mol. The molecule has 1 aliphatic rings. The summed E-state index contributed by atoms with van der Waals surface area (Å²) >= 11 is 12.0. The fraction of sp³-hybridized carbons (Fsp3) is 0.364. The van der Waals surface area contributed by atoms with Crippen molar-refractivity contribution in [3.05, 3.63) is 27.2 Å². The molecule has 0 bridgehead atoms. The first kappa shape index (κ1) is 10.8. The van der Waals surface area contributed by atoms with Crippen molar-refractivity contribution in [3.8, 4) is 5.75 Å². The zero-order valence-electron chi connectivity index (χ0n) is 8.43. The monoisotopic (exact) mass is 244 g/mol. The third-order valence-electron chi connectivity index (χ3n) is 2.69. The van der Waals surface area contributed by atoms with Gasteiger partial charge in [0.05, 0.1) is 12.1 Å². The summed E-state index contributed by atoms with van der Waals surface area (Å²) < 4.78 is 5.09. The summed E-state index contributed by atoms with van der Waals surface area (Å²) in [5.41, 5.74) is 1.49. The summed E-state index contributed by atoms with van der Waals surface area (Å²) in [4.78, 5) is 11.8. The molecule has 0 saturated carbocycles. The van der Waals surface area contributed by atoms with Gasteiger partial charge in [-0.05, 0) is 18.1 Å². The van der Waals surface area contributed by atoms with Gasteiger partial charge in [-0.3, -0.25) is 4.79 Å². The van der Waals surface area contributed by atoms with E-state index in [-0.39, 0.29) is 11.7 Å². The number of ether oxygens (including phenoxy) is 1. The van der Waals surface area contributed by atoms with Crippen molar-refractivity contribution in [1.29, 1.82) is 0 Å². The van der Waals surface area contributed by atoms with Gasteiger partial charge in [0.15, 0.2) is 5.78 Å². The van der Waals surface area contributed by atoms with Crippen LogP contribution in [0.1, 0.15) is 22.8 Å². The van der Waals surface area contributed by atoms with Gasteiger partial charge in [-0.15, -0.1) is 0 Å². The lowest BCUT2D eigenvalue weighted by molar-refractivity contribution is 0.0946. The van der Waals surface area contributed by atoms with Gasteiger partial charge in [-0.2, -0.15) is 0 Å². The molecule has 0 radical (unpaired) electrons. The molecule has 1 atom stereocenters. The first-order chi connectivity index (χ1) is 7.06. The summed E-state index contributed by atoms with van der Waals surface area (Å²) in [7, 11) is 1.53. The van der Waals surface area contributed by atoms with Crippen LogP contribution >= 0.6 is 23.2 Å². The van der Waals surface area contributed by atoms with E-state index in [2.05, 4.69) is 0 Å². The maximum absolute atomic E-state index is 11.8. The Balaban J connectivity index is 2.66. The number of rotatable bonds is 1. The van der Waals surface area contributed by atoms with Crippen LogP contribution in [0.5, 0.6) is 5.75 Å². The van der Waals surface area contributed by atoms with Crippen LogP contribution in [0.2, 0.25) is 10.0 Å². The van der Waals surface area contributed by atoms with Crippen LogP contribution in [0.15, 0.2) is 6.07 Å². The molecule has 1 aromatic rings. The number of ketones is 1. The van der Waals surface area contributed by atoms with Crippen LogP contribution in [-0.2, 0) is 6.42 Å². The molecule has 0 aliphatic heterocycles. The highest BCUT2D eigenvalue weighted by atomic mass is 35.5. The number of carbonyl (C=O) groups excluding carboxylic acids is 1. The standard InChI is InChI=1S/C11H10Cl2O2/c1-5-3-6-4-7(15-2)9(12)10(13)8(6)11(5)14/h4-5H,3H2,1-2H3. The van der Waals surface area contributed by atoms with Gasteiger partial charge in [0.1, 0.15) is 10.8 Å². The fourth-order valence-corrected chi connectivity index (χ4v) is 2.43. The average Bonchev–Trinajstić information content (AvgIpc) is 2.49. The number of methoxy groups -OCH3 is 1. The predicted octanol–water partition coefficient (Wildman–Crippen LogP) is 3.38. The van der Waals surface area contributed by atoms with E-state index >= 15 is 0 Å². The predicted molar refractivity (Wildman–Crippen MR) is 60.2 cm³/mol. The number of Topliss-reactive ketones (excluding diaryl/α,β-unsaturated/α-hetero) is 1. The Kier molecular flexibility index (Phi) is 2.65. The van der Waals surface area contributed by atoms with Crippen LogP contribution < -0.4 is 4.74 Å². The molecule has 0 N–H and O–H groups in total. The highest BCUT2D eigenvalue weighted by Gasteiger charge is 2.31. The summed E-state index contributed by atoms with van der Waals surface area (Å²) in [5.74, 6) is 0.586. The second kappa shape index (κ2) is 3.69. The normalized spacial score (nSPS) is 19.2. The van der Waals surface area contributed by atoms with Gasteiger partial charge in [0.2, 0.25) is 0 Å². The third kappa shape index (κ3) is 1.52. The molecule has 0 saturated heterocycles. The van der Waals surface area contributed by atoms with Gasteiger partial charge < -0.3 is 4.74 Å². The molecule has 1 unspecified atom stereocenters. The van der Waals surface area contributed by atoms with E-state index in [0.29, 0.717) is 27.8 Å². The number of benzene rings is 1. The van der Waals surface area contributed by atoms with Crippen molar-refractivity contribution >= 4 is 29.0 Å². The number of fused-ring (bicyclic) bond motifs is 1. The number of hydrogen-bond donors (Lipinski definition) is 0. The van der Waals surface area contributed by atoms with E-state index in [1.807, 2.05) is 6.92 Å². The van der Waals surface area contributed by atoms with Crippen molar-refractivity contribution in [2.24, 2.45) is 5.92 Å². The maximum Gasteiger partial charge on any atom is 0.167 e. The molecule has 0 aromatic heterocycles. The first-order valence-electron chi connectivity index (χ1n) is 4.65. The number of hydrogen-bond acceptors (Lipinski definition) is 2. The largest absolute Gasteiger partial charge is 0.495 e. The van der Waals surface area contributed by atoms with Gasteiger partial charge in [0.25, 0.3) is 0 Å². The highest BCUT2D eigenvalue weighted by Crippen LogP contribution is 2.41. The Morgan fingerprint density at radius 1 is 1.40 bits per heavy atom. The van der Waals surface area contributed by atoms with Crippen molar-refractivity contribution in [3.63, 3.8) is 0 Å². The van der Waals surface area contributed by atoms with E-state index in [4.69, 9.17) is 27.9 Å². The Morgan fingerprint density at radius 3 is 2.67 bits per heavy atom. The third-order valence-corrected chi connectivity index (χ3v) is 3.54. The van der Waals surface area contributed by atoms with E-state index in [9.17, 15) is 4.79 Å². The summed E-state index contributed by atoms with van der Waals surface area (Å²) in [6.45, 7) is 1.89. The first-order valence-corrected chi connectivity index (χ1v) is 5.41. The fourth-order valence-electron chi connectivity index (χ4n) is 1.90. The minimum absolute atomic E-state index is 0.0133. The zero-order chi connectivity index (χ0) is 11.2. The van der Waals surface area contributed by atoms with Crippen LogP contribution in [0.4, 0.5) is 0 Å². The maximum atomic E-state index is 11.8. The molecular formula is C11H10Cl2O2. The van der Waals surface area contributed by atoms with Crippen LogP contribution in [-0.4, -0.2) is 12.9 Å². The van der Waals surface area contributed by atoms with E-state index < -0.39 is 0 Å². The molecule has 2 rings (SSSR count). The van der Waals surface area contributed by atoms with E-state index in [1.54, 1.807) is 6.07 Å². The molecule has 4 heteroatoms. The van der Waals surface area contributed by atoms with Crippen molar-refractivity contribution in [2.75, 3.05) is 7.11 Å². The van der Waals surface area contributed by atoms with Crippen LogP contribution in [0.3, 0.4) is 0 Å². The SMILES string of the molecule is COc1cc2c(c(Cl)c1Cl)C(=O)C(C)C2. The van der Waals surface area contributed by atoms with E-state index in [0.717, 1.165) is 5.56 Å². The topological polar surface area (TPSA) is 26.3 Å². The molecule has 80 valence electrons. The second-order valence-corrected chi connectivity index (χ2v) is 4.47. The Labute approximate surface area is 98.1 Å². The minimum atomic E-state index is -0.0133. The lowest BCUT2D eigenvalue weighted by atomic mass is 10.1. The van der Waals surface area contributed by atoms with Crippen molar-refractivity contribution in [1.82, 2.24) is 0 Å². The molecule has 0 spiro atoms. The molecule has 15 heavy (non-hydrogen) atoms. The molecule has 2 nitrogen and oxygen atoms in total. The summed E-state index contributed by atoms with van der Waals surface area (Å²) in [6.07, 6.45) is 0.710. The number of halogens is 2. The van der Waals surface area contributed by atoms with Crippen molar-refractivity contribution in [2.45, 2.75) is 13.3 Å².